The van der Waals surface area contributed by atoms with E-state index in [9.17, 15) is 9.59 Å². The zero-order valence-electron chi connectivity index (χ0n) is 11.3. The number of amides is 1. The van der Waals surface area contributed by atoms with Crippen molar-refractivity contribution >= 4 is 11.9 Å². The molecular weight excluding hydrogens is 258 g/mol. The van der Waals surface area contributed by atoms with Crippen molar-refractivity contribution in [1.29, 1.82) is 0 Å². The number of ether oxygens (including phenoxy) is 1. The normalized spacial score (nSPS) is 21.6. The number of carbonyl (C=O) groups is 2. The predicted molar refractivity (Wildman–Crippen MR) is 73.3 cm³/mol. The molecule has 1 aromatic rings. The van der Waals surface area contributed by atoms with Crippen LogP contribution in [0.25, 0.3) is 0 Å². The highest BCUT2D eigenvalue weighted by Gasteiger charge is 2.38. The second-order valence-electron chi connectivity index (χ2n) is 5.19. The van der Waals surface area contributed by atoms with Gasteiger partial charge in [-0.05, 0) is 18.4 Å². The molecule has 1 amide bonds. The molecule has 1 aliphatic rings. The molecule has 1 fully saturated rings. The third kappa shape index (κ3) is 4.06. The third-order valence-corrected chi connectivity index (χ3v) is 3.48. The molecule has 5 nitrogen and oxygen atoms in total. The van der Waals surface area contributed by atoms with Gasteiger partial charge in [0.05, 0.1) is 18.6 Å². The molecular formula is C15H19NO4. The van der Waals surface area contributed by atoms with E-state index in [-0.39, 0.29) is 18.9 Å². The number of nitrogens with one attached hydrogen (secondary N) is 1. The Bertz CT molecular complexity index is 466. The number of carboxylic acid groups (broad SMARTS) is 1. The lowest BCUT2D eigenvalue weighted by molar-refractivity contribution is -0.139. The van der Waals surface area contributed by atoms with Crippen LogP contribution in [-0.4, -0.2) is 35.7 Å². The maximum absolute atomic E-state index is 12.0. The van der Waals surface area contributed by atoms with E-state index in [2.05, 4.69) is 5.32 Å². The number of hydrogen-bond donors (Lipinski definition) is 2. The SMILES string of the molecule is O=C(O)CC1(NC(=O)CCc2ccccc2)CCOC1. The van der Waals surface area contributed by atoms with Gasteiger partial charge in [0, 0.05) is 13.0 Å². The van der Waals surface area contributed by atoms with Crippen molar-refractivity contribution in [2.75, 3.05) is 13.2 Å². The highest BCUT2D eigenvalue weighted by molar-refractivity contribution is 5.78. The van der Waals surface area contributed by atoms with Gasteiger partial charge in [0.25, 0.3) is 0 Å². The lowest BCUT2D eigenvalue weighted by Gasteiger charge is -2.27. The van der Waals surface area contributed by atoms with Crippen molar-refractivity contribution in [2.24, 2.45) is 0 Å². The van der Waals surface area contributed by atoms with Gasteiger partial charge in [0.1, 0.15) is 0 Å². The number of rotatable bonds is 6. The van der Waals surface area contributed by atoms with E-state index in [0.717, 1.165) is 5.56 Å². The van der Waals surface area contributed by atoms with Crippen LogP contribution >= 0.6 is 0 Å². The van der Waals surface area contributed by atoms with Gasteiger partial charge >= 0.3 is 5.97 Å². The van der Waals surface area contributed by atoms with Crippen molar-refractivity contribution in [3.8, 4) is 0 Å². The fourth-order valence-electron chi connectivity index (χ4n) is 2.44. The fourth-order valence-corrected chi connectivity index (χ4v) is 2.44. The Balaban J connectivity index is 1.87. The summed E-state index contributed by atoms with van der Waals surface area (Å²) in [5, 5.41) is 11.8. The van der Waals surface area contributed by atoms with Gasteiger partial charge < -0.3 is 15.2 Å². The first kappa shape index (κ1) is 14.5. The minimum atomic E-state index is -0.918. The van der Waals surface area contributed by atoms with Gasteiger partial charge in [0.15, 0.2) is 0 Å². The van der Waals surface area contributed by atoms with Crippen molar-refractivity contribution in [3.63, 3.8) is 0 Å². The number of aryl methyl sites for hydroxylation is 1. The average molecular weight is 277 g/mol. The lowest BCUT2D eigenvalue weighted by Crippen LogP contribution is -2.50. The maximum Gasteiger partial charge on any atom is 0.305 e. The topological polar surface area (TPSA) is 75.6 Å². The van der Waals surface area contributed by atoms with E-state index >= 15 is 0 Å². The van der Waals surface area contributed by atoms with Gasteiger partial charge in [0.2, 0.25) is 5.91 Å². The van der Waals surface area contributed by atoms with Gasteiger partial charge in [-0.25, -0.2) is 0 Å². The van der Waals surface area contributed by atoms with E-state index < -0.39 is 11.5 Å². The molecule has 0 spiro atoms. The standard InChI is InChI=1S/C15H19NO4/c17-13(7-6-12-4-2-1-3-5-12)16-15(10-14(18)19)8-9-20-11-15/h1-5H,6-11H2,(H,16,17)(H,18,19). The van der Waals surface area contributed by atoms with Crippen LogP contribution in [0, 0.1) is 0 Å². The van der Waals surface area contributed by atoms with Crippen LogP contribution in [0.4, 0.5) is 0 Å². The molecule has 0 radical (unpaired) electrons. The molecule has 1 saturated heterocycles. The molecule has 1 aromatic carbocycles. The summed E-state index contributed by atoms with van der Waals surface area (Å²) in [5.41, 5.74) is 0.359. The molecule has 1 atom stereocenters. The Morgan fingerprint density at radius 3 is 2.65 bits per heavy atom. The second-order valence-corrected chi connectivity index (χ2v) is 5.19. The quantitative estimate of drug-likeness (QED) is 0.823. The Morgan fingerprint density at radius 1 is 1.30 bits per heavy atom. The van der Waals surface area contributed by atoms with Gasteiger partial charge in [-0.15, -0.1) is 0 Å². The minimum Gasteiger partial charge on any atom is -0.481 e. The molecule has 0 saturated carbocycles. The number of hydrogen-bond acceptors (Lipinski definition) is 3. The summed E-state index contributed by atoms with van der Waals surface area (Å²) in [5.74, 6) is -1.04. The first-order chi connectivity index (χ1) is 9.60. The Morgan fingerprint density at radius 2 is 2.05 bits per heavy atom. The average Bonchev–Trinajstić information content (AvgIpc) is 2.85. The molecule has 0 aliphatic carbocycles. The molecule has 2 rings (SSSR count). The molecule has 5 heteroatoms. The Hall–Kier alpha value is -1.88. The van der Waals surface area contributed by atoms with E-state index in [1.807, 2.05) is 30.3 Å². The predicted octanol–water partition coefficient (Wildman–Crippen LogP) is 1.37. The van der Waals surface area contributed by atoms with Crippen LogP contribution < -0.4 is 5.32 Å². The fraction of sp³-hybridized carbons (Fsp3) is 0.467. The summed E-state index contributed by atoms with van der Waals surface area (Å²) >= 11 is 0. The van der Waals surface area contributed by atoms with Gasteiger partial charge in [-0.2, -0.15) is 0 Å². The number of benzene rings is 1. The third-order valence-electron chi connectivity index (χ3n) is 3.48. The summed E-state index contributed by atoms with van der Waals surface area (Å²) in [6.07, 6.45) is 1.46. The molecule has 1 heterocycles. The molecule has 1 aliphatic heterocycles. The Kier molecular flexibility index (Phi) is 4.74. The van der Waals surface area contributed by atoms with E-state index in [4.69, 9.17) is 9.84 Å². The molecule has 0 bridgehead atoms. The summed E-state index contributed by atoms with van der Waals surface area (Å²) in [7, 11) is 0. The van der Waals surface area contributed by atoms with Gasteiger partial charge in [-0.3, -0.25) is 9.59 Å². The number of carbonyl (C=O) groups excluding carboxylic acids is 1. The monoisotopic (exact) mass is 277 g/mol. The molecule has 20 heavy (non-hydrogen) atoms. The number of carboxylic acids is 1. The highest BCUT2D eigenvalue weighted by Crippen LogP contribution is 2.23. The van der Waals surface area contributed by atoms with Crippen LogP contribution in [0.1, 0.15) is 24.8 Å². The van der Waals surface area contributed by atoms with Crippen LogP contribution in [-0.2, 0) is 20.7 Å². The first-order valence-corrected chi connectivity index (χ1v) is 6.74. The minimum absolute atomic E-state index is 0.0932. The smallest absolute Gasteiger partial charge is 0.305 e. The van der Waals surface area contributed by atoms with Crippen molar-refractivity contribution < 1.29 is 19.4 Å². The summed E-state index contributed by atoms with van der Waals surface area (Å²) in [4.78, 5) is 22.9. The molecule has 108 valence electrons. The largest absolute Gasteiger partial charge is 0.481 e. The lowest BCUT2D eigenvalue weighted by atomic mass is 9.94. The first-order valence-electron chi connectivity index (χ1n) is 6.74. The van der Waals surface area contributed by atoms with E-state index in [0.29, 0.717) is 25.9 Å². The highest BCUT2D eigenvalue weighted by atomic mass is 16.5. The van der Waals surface area contributed by atoms with Crippen molar-refractivity contribution in [2.45, 2.75) is 31.2 Å². The summed E-state index contributed by atoms with van der Waals surface area (Å²) < 4.78 is 5.25. The zero-order chi connectivity index (χ0) is 14.4. The molecule has 1 unspecified atom stereocenters. The summed E-state index contributed by atoms with van der Waals surface area (Å²) in [6, 6.07) is 9.74. The van der Waals surface area contributed by atoms with Crippen LogP contribution in [0.15, 0.2) is 30.3 Å². The van der Waals surface area contributed by atoms with Crippen LogP contribution in [0.3, 0.4) is 0 Å². The second kappa shape index (κ2) is 6.52. The van der Waals surface area contributed by atoms with Gasteiger partial charge in [-0.1, -0.05) is 30.3 Å². The van der Waals surface area contributed by atoms with Crippen LogP contribution in [0.2, 0.25) is 0 Å². The molecule has 2 N–H and O–H groups in total. The van der Waals surface area contributed by atoms with Crippen molar-refractivity contribution in [3.05, 3.63) is 35.9 Å². The summed E-state index contributed by atoms with van der Waals surface area (Å²) in [6.45, 7) is 0.766. The van der Waals surface area contributed by atoms with Crippen molar-refractivity contribution in [1.82, 2.24) is 5.32 Å². The Labute approximate surface area is 117 Å². The zero-order valence-corrected chi connectivity index (χ0v) is 11.3. The van der Waals surface area contributed by atoms with Crippen LogP contribution in [0.5, 0.6) is 0 Å². The maximum atomic E-state index is 12.0. The number of aliphatic carboxylic acids is 1. The van der Waals surface area contributed by atoms with E-state index in [1.54, 1.807) is 0 Å². The van der Waals surface area contributed by atoms with E-state index in [1.165, 1.54) is 0 Å². The molecule has 0 aromatic heterocycles.